The normalized spacial score (nSPS) is 29.3. The zero-order valence-electron chi connectivity index (χ0n) is 12.9. The minimum absolute atomic E-state index is 0.390. The lowest BCUT2D eigenvalue weighted by atomic mass is 9.69. The lowest BCUT2D eigenvalue weighted by Gasteiger charge is -2.37. The molecule has 1 amide bonds. The van der Waals surface area contributed by atoms with Crippen molar-refractivity contribution in [2.45, 2.75) is 52.9 Å². The number of piperazine rings is 1. The van der Waals surface area contributed by atoms with Gasteiger partial charge in [0.15, 0.2) is 0 Å². The van der Waals surface area contributed by atoms with E-state index in [1.54, 1.807) is 0 Å². The number of hydrogen-bond acceptors (Lipinski definition) is 2. The number of amides is 1. The van der Waals surface area contributed by atoms with E-state index in [0.29, 0.717) is 17.2 Å². The molecule has 0 spiro atoms. The van der Waals surface area contributed by atoms with E-state index >= 15 is 0 Å². The van der Waals surface area contributed by atoms with Crippen LogP contribution in [0.3, 0.4) is 0 Å². The number of carbonyl (C=O) groups is 1. The van der Waals surface area contributed by atoms with Crippen LogP contribution < -0.4 is 5.32 Å². The summed E-state index contributed by atoms with van der Waals surface area (Å²) >= 11 is 0. The van der Waals surface area contributed by atoms with Gasteiger partial charge in [-0.25, -0.2) is 0 Å². The Morgan fingerprint density at radius 3 is 2.21 bits per heavy atom. The van der Waals surface area contributed by atoms with Crippen molar-refractivity contribution in [1.82, 2.24) is 10.2 Å². The van der Waals surface area contributed by atoms with Crippen molar-refractivity contribution in [2.75, 3.05) is 26.2 Å². The second-order valence-corrected chi connectivity index (χ2v) is 7.42. The number of rotatable bonds is 2. The molecule has 3 heteroatoms. The van der Waals surface area contributed by atoms with Crippen molar-refractivity contribution < 1.29 is 4.79 Å². The van der Waals surface area contributed by atoms with E-state index < -0.39 is 0 Å². The minimum Gasteiger partial charge on any atom is -0.340 e. The number of hydrogen-bond donors (Lipinski definition) is 1. The first-order chi connectivity index (χ1) is 8.97. The summed E-state index contributed by atoms with van der Waals surface area (Å²) in [5.74, 6) is 1.87. The zero-order valence-corrected chi connectivity index (χ0v) is 12.9. The second-order valence-electron chi connectivity index (χ2n) is 7.42. The first kappa shape index (κ1) is 14.8. The molecule has 0 bridgehead atoms. The molecule has 1 aliphatic heterocycles. The standard InChI is InChI=1S/C16H30N2O/c1-16(2,3)14-6-4-13(5-7-14)12-15(19)18-10-8-17-9-11-18/h13-14,17H,4-12H2,1-3H3. The highest BCUT2D eigenvalue weighted by Gasteiger charge is 2.31. The molecule has 0 aromatic carbocycles. The van der Waals surface area contributed by atoms with Crippen LogP contribution in [0.4, 0.5) is 0 Å². The highest BCUT2D eigenvalue weighted by atomic mass is 16.2. The second kappa shape index (κ2) is 6.25. The van der Waals surface area contributed by atoms with Gasteiger partial charge in [-0.2, -0.15) is 0 Å². The molecule has 1 saturated carbocycles. The quantitative estimate of drug-likeness (QED) is 0.833. The van der Waals surface area contributed by atoms with Gasteiger partial charge < -0.3 is 10.2 Å². The van der Waals surface area contributed by atoms with E-state index in [-0.39, 0.29) is 0 Å². The molecular weight excluding hydrogens is 236 g/mol. The summed E-state index contributed by atoms with van der Waals surface area (Å²) in [6.45, 7) is 10.8. The van der Waals surface area contributed by atoms with Gasteiger partial charge in [-0.15, -0.1) is 0 Å². The van der Waals surface area contributed by atoms with Crippen LogP contribution in [0.5, 0.6) is 0 Å². The van der Waals surface area contributed by atoms with E-state index in [1.807, 2.05) is 4.90 Å². The Bertz CT molecular complexity index is 294. The summed E-state index contributed by atoms with van der Waals surface area (Å²) in [6.07, 6.45) is 5.91. The van der Waals surface area contributed by atoms with Crippen molar-refractivity contribution in [3.05, 3.63) is 0 Å². The van der Waals surface area contributed by atoms with Gasteiger partial charge in [-0.05, 0) is 42.9 Å². The Morgan fingerprint density at radius 1 is 1.11 bits per heavy atom. The Balaban J connectivity index is 1.74. The van der Waals surface area contributed by atoms with E-state index in [9.17, 15) is 4.79 Å². The van der Waals surface area contributed by atoms with E-state index in [2.05, 4.69) is 26.1 Å². The van der Waals surface area contributed by atoms with Crippen LogP contribution in [0.25, 0.3) is 0 Å². The predicted octanol–water partition coefficient (Wildman–Crippen LogP) is 2.66. The fraction of sp³-hybridized carbons (Fsp3) is 0.938. The number of carbonyl (C=O) groups excluding carboxylic acids is 1. The summed E-state index contributed by atoms with van der Waals surface area (Å²) in [6, 6.07) is 0. The maximum absolute atomic E-state index is 12.2. The Morgan fingerprint density at radius 2 is 1.68 bits per heavy atom. The zero-order chi connectivity index (χ0) is 13.9. The molecule has 2 rings (SSSR count). The van der Waals surface area contributed by atoms with Crippen LogP contribution in [0.15, 0.2) is 0 Å². The topological polar surface area (TPSA) is 32.3 Å². The van der Waals surface area contributed by atoms with E-state index in [4.69, 9.17) is 0 Å². The van der Waals surface area contributed by atoms with Gasteiger partial charge in [-0.1, -0.05) is 20.8 Å². The molecule has 0 unspecified atom stereocenters. The Kier molecular flexibility index (Phi) is 4.88. The van der Waals surface area contributed by atoms with Gasteiger partial charge in [-0.3, -0.25) is 4.79 Å². The fourth-order valence-electron chi connectivity index (χ4n) is 3.52. The van der Waals surface area contributed by atoms with Crippen LogP contribution in [0.2, 0.25) is 0 Å². The van der Waals surface area contributed by atoms with Crippen molar-refractivity contribution in [3.8, 4) is 0 Å². The molecule has 2 fully saturated rings. The summed E-state index contributed by atoms with van der Waals surface area (Å²) in [7, 11) is 0. The first-order valence-electron chi connectivity index (χ1n) is 7.95. The van der Waals surface area contributed by atoms with Crippen LogP contribution in [0, 0.1) is 17.3 Å². The van der Waals surface area contributed by atoms with Gasteiger partial charge in [0, 0.05) is 32.6 Å². The van der Waals surface area contributed by atoms with Gasteiger partial charge in [0.1, 0.15) is 0 Å². The third-order valence-electron chi connectivity index (χ3n) is 5.00. The van der Waals surface area contributed by atoms with Gasteiger partial charge >= 0.3 is 0 Å². The van der Waals surface area contributed by atoms with Crippen molar-refractivity contribution >= 4 is 5.91 Å². The number of nitrogens with one attached hydrogen (secondary N) is 1. The van der Waals surface area contributed by atoms with Crippen LogP contribution in [-0.2, 0) is 4.79 Å². The molecule has 2 aliphatic rings. The summed E-state index contributed by atoms with van der Waals surface area (Å²) in [4.78, 5) is 14.3. The summed E-state index contributed by atoms with van der Waals surface area (Å²) in [5, 5.41) is 3.30. The third kappa shape index (κ3) is 4.20. The average Bonchev–Trinajstić information content (AvgIpc) is 2.39. The third-order valence-corrected chi connectivity index (χ3v) is 5.00. The number of nitrogens with zero attached hydrogens (tertiary/aromatic N) is 1. The molecule has 1 aliphatic carbocycles. The molecule has 3 nitrogen and oxygen atoms in total. The lowest BCUT2D eigenvalue weighted by molar-refractivity contribution is -0.133. The lowest BCUT2D eigenvalue weighted by Crippen LogP contribution is -2.46. The highest BCUT2D eigenvalue weighted by molar-refractivity contribution is 5.76. The highest BCUT2D eigenvalue weighted by Crippen LogP contribution is 2.40. The molecule has 0 radical (unpaired) electrons. The molecule has 1 saturated heterocycles. The average molecular weight is 266 g/mol. The Hall–Kier alpha value is -0.570. The molecule has 1 heterocycles. The van der Waals surface area contributed by atoms with Crippen molar-refractivity contribution in [1.29, 1.82) is 0 Å². The SMILES string of the molecule is CC(C)(C)C1CCC(CC(=O)N2CCNCC2)CC1. The van der Waals surface area contributed by atoms with Gasteiger partial charge in [0.05, 0.1) is 0 Å². The predicted molar refractivity (Wildman–Crippen MR) is 79.0 cm³/mol. The Labute approximate surface area is 118 Å². The molecular formula is C16H30N2O. The van der Waals surface area contributed by atoms with Gasteiger partial charge in [0.25, 0.3) is 0 Å². The molecule has 19 heavy (non-hydrogen) atoms. The molecule has 0 aromatic rings. The first-order valence-corrected chi connectivity index (χ1v) is 7.95. The summed E-state index contributed by atoms with van der Waals surface area (Å²) in [5.41, 5.74) is 0.438. The van der Waals surface area contributed by atoms with Crippen LogP contribution in [0.1, 0.15) is 52.9 Å². The monoisotopic (exact) mass is 266 g/mol. The molecule has 0 aromatic heterocycles. The van der Waals surface area contributed by atoms with Crippen LogP contribution in [-0.4, -0.2) is 37.0 Å². The maximum Gasteiger partial charge on any atom is 0.222 e. The minimum atomic E-state index is 0.390. The smallest absolute Gasteiger partial charge is 0.222 e. The van der Waals surface area contributed by atoms with E-state index in [1.165, 1.54) is 25.7 Å². The maximum atomic E-state index is 12.2. The molecule has 1 N–H and O–H groups in total. The van der Waals surface area contributed by atoms with Gasteiger partial charge in [0.2, 0.25) is 5.91 Å². The van der Waals surface area contributed by atoms with Crippen LogP contribution >= 0.6 is 0 Å². The molecule has 0 atom stereocenters. The van der Waals surface area contributed by atoms with Crippen molar-refractivity contribution in [3.63, 3.8) is 0 Å². The van der Waals surface area contributed by atoms with Crippen molar-refractivity contribution in [2.24, 2.45) is 17.3 Å². The fourth-order valence-corrected chi connectivity index (χ4v) is 3.52. The summed E-state index contributed by atoms with van der Waals surface area (Å²) < 4.78 is 0. The largest absolute Gasteiger partial charge is 0.340 e. The molecule has 110 valence electrons. The van der Waals surface area contributed by atoms with E-state index in [0.717, 1.165) is 38.5 Å².